The van der Waals surface area contributed by atoms with E-state index in [2.05, 4.69) is 5.32 Å². The molecule has 142 valence electrons. The molecule has 0 saturated carbocycles. The molecule has 0 spiro atoms. The Morgan fingerprint density at radius 3 is 2.56 bits per heavy atom. The third-order valence-electron chi connectivity index (χ3n) is 4.34. The smallest absolute Gasteiger partial charge is 0.278 e. The highest BCUT2D eigenvalue weighted by atomic mass is 32.1. The summed E-state index contributed by atoms with van der Waals surface area (Å²) in [5.74, 6) is -0.585. The first-order valence-corrected chi connectivity index (χ1v) is 9.86. The molecular weight excluding hydrogens is 360 g/mol. The number of nitrogens with zero attached hydrogens (tertiary/aromatic N) is 1. The van der Waals surface area contributed by atoms with Crippen LogP contribution in [0.2, 0.25) is 0 Å². The summed E-state index contributed by atoms with van der Waals surface area (Å²) in [6.45, 7) is 8.42. The summed E-state index contributed by atoms with van der Waals surface area (Å²) >= 11 is 1.45. The molecule has 2 aromatic rings. The number of nitrogens with one attached hydrogen (secondary N) is 1. The Bertz CT molecular complexity index is 885. The van der Waals surface area contributed by atoms with Crippen LogP contribution in [0.4, 0.5) is 5.69 Å². The number of carbonyl (C=O) groups is 2. The highest BCUT2D eigenvalue weighted by Crippen LogP contribution is 2.33. The fourth-order valence-corrected chi connectivity index (χ4v) is 3.78. The Hall–Kier alpha value is -2.44. The molecule has 0 saturated heterocycles. The van der Waals surface area contributed by atoms with Crippen LogP contribution < -0.4 is 5.32 Å². The number of hydrogen-bond acceptors (Lipinski definition) is 5. The van der Waals surface area contributed by atoms with Gasteiger partial charge in [-0.2, -0.15) is 0 Å². The van der Waals surface area contributed by atoms with Crippen molar-refractivity contribution in [1.82, 2.24) is 4.90 Å². The predicted molar refractivity (Wildman–Crippen MR) is 109 cm³/mol. The molecule has 0 radical (unpaired) electrons. The number of anilines is 1. The molecular formula is C21H24N2O3S. The van der Waals surface area contributed by atoms with Crippen molar-refractivity contribution in [1.29, 1.82) is 0 Å². The first kappa shape index (κ1) is 19.3. The van der Waals surface area contributed by atoms with Crippen LogP contribution >= 0.6 is 11.3 Å². The number of rotatable bonds is 7. The topological polar surface area (TPSA) is 58.6 Å². The summed E-state index contributed by atoms with van der Waals surface area (Å²) in [5.41, 5.74) is 3.76. The van der Waals surface area contributed by atoms with E-state index in [1.165, 1.54) is 16.2 Å². The second-order valence-electron chi connectivity index (χ2n) is 6.85. The van der Waals surface area contributed by atoms with Crippen LogP contribution in [0.25, 0.3) is 5.57 Å². The molecule has 27 heavy (non-hydrogen) atoms. The van der Waals surface area contributed by atoms with E-state index >= 15 is 0 Å². The minimum absolute atomic E-state index is 0.0512. The van der Waals surface area contributed by atoms with Gasteiger partial charge in [0.1, 0.15) is 5.70 Å². The number of carbonyl (C=O) groups excluding carboxylic acids is 2. The van der Waals surface area contributed by atoms with E-state index in [0.29, 0.717) is 17.9 Å². The Labute approximate surface area is 163 Å². The Morgan fingerprint density at radius 2 is 1.93 bits per heavy atom. The number of imide groups is 1. The maximum atomic E-state index is 13.0. The lowest BCUT2D eigenvalue weighted by atomic mass is 10.1. The van der Waals surface area contributed by atoms with Gasteiger partial charge in [0.15, 0.2) is 0 Å². The third kappa shape index (κ3) is 4.12. The van der Waals surface area contributed by atoms with Crippen molar-refractivity contribution in [3.05, 3.63) is 57.4 Å². The molecule has 5 nitrogen and oxygen atoms in total. The SMILES string of the molecule is Cc1ccc(NC2=C(c3cccs3)C(=O)N(CCOC(C)C)C2=O)c(C)c1. The molecule has 0 bridgehead atoms. The number of aryl methyl sites for hydroxylation is 2. The first-order chi connectivity index (χ1) is 12.9. The van der Waals surface area contributed by atoms with E-state index in [0.717, 1.165) is 21.7 Å². The minimum atomic E-state index is -0.310. The molecule has 0 atom stereocenters. The van der Waals surface area contributed by atoms with Gasteiger partial charge < -0.3 is 10.1 Å². The fourth-order valence-electron chi connectivity index (χ4n) is 3.01. The van der Waals surface area contributed by atoms with Crippen LogP contribution in [0.15, 0.2) is 41.4 Å². The third-order valence-corrected chi connectivity index (χ3v) is 5.23. The van der Waals surface area contributed by atoms with Crippen LogP contribution in [0.3, 0.4) is 0 Å². The normalized spacial score (nSPS) is 14.6. The molecule has 1 aliphatic rings. The number of benzene rings is 1. The average molecular weight is 385 g/mol. The lowest BCUT2D eigenvalue weighted by Gasteiger charge is -2.16. The van der Waals surface area contributed by atoms with Gasteiger partial charge in [-0.3, -0.25) is 14.5 Å². The van der Waals surface area contributed by atoms with Gasteiger partial charge in [-0.25, -0.2) is 0 Å². The van der Waals surface area contributed by atoms with Gasteiger partial charge in [0.05, 0.1) is 24.8 Å². The highest BCUT2D eigenvalue weighted by molar-refractivity contribution is 7.11. The molecule has 3 rings (SSSR count). The van der Waals surface area contributed by atoms with Crippen molar-refractivity contribution in [2.24, 2.45) is 0 Å². The molecule has 0 fully saturated rings. The van der Waals surface area contributed by atoms with E-state index < -0.39 is 0 Å². The first-order valence-electron chi connectivity index (χ1n) is 8.98. The quantitative estimate of drug-likeness (QED) is 0.734. The average Bonchev–Trinajstić information content (AvgIpc) is 3.19. The number of amides is 2. The molecule has 1 N–H and O–H groups in total. The van der Waals surface area contributed by atoms with Crippen LogP contribution in [-0.2, 0) is 14.3 Å². The number of hydrogen-bond donors (Lipinski definition) is 1. The van der Waals surface area contributed by atoms with Crippen LogP contribution in [0.1, 0.15) is 29.9 Å². The van der Waals surface area contributed by atoms with Gasteiger partial charge in [0.25, 0.3) is 11.8 Å². The zero-order chi connectivity index (χ0) is 19.6. The lowest BCUT2D eigenvalue weighted by molar-refractivity contribution is -0.137. The summed E-state index contributed by atoms with van der Waals surface area (Å²) in [6.07, 6.45) is 0.0512. The largest absolute Gasteiger partial charge is 0.377 e. The maximum absolute atomic E-state index is 13.0. The molecule has 1 aliphatic heterocycles. The van der Waals surface area contributed by atoms with Crippen LogP contribution in [-0.4, -0.2) is 36.0 Å². The standard InChI is InChI=1S/C21H24N2O3S/c1-13(2)26-10-9-23-20(24)18(17-6-5-11-27-17)19(21(23)25)22-16-8-7-14(3)12-15(16)4/h5-8,11-13,22H,9-10H2,1-4H3. The van der Waals surface area contributed by atoms with Gasteiger partial charge in [-0.05, 0) is 50.8 Å². The van der Waals surface area contributed by atoms with E-state index in [9.17, 15) is 9.59 Å². The molecule has 1 aromatic heterocycles. The van der Waals surface area contributed by atoms with E-state index in [1.54, 1.807) is 0 Å². The monoisotopic (exact) mass is 384 g/mol. The summed E-state index contributed by atoms with van der Waals surface area (Å²) < 4.78 is 5.53. The van der Waals surface area contributed by atoms with Crippen molar-refractivity contribution < 1.29 is 14.3 Å². The minimum Gasteiger partial charge on any atom is -0.377 e. The fraction of sp³-hybridized carbons (Fsp3) is 0.333. The van der Waals surface area contributed by atoms with Gasteiger partial charge in [-0.15, -0.1) is 11.3 Å². The molecule has 1 aromatic carbocycles. The van der Waals surface area contributed by atoms with Gasteiger partial charge in [0.2, 0.25) is 0 Å². The van der Waals surface area contributed by atoms with Crippen molar-refractivity contribution in [2.45, 2.75) is 33.8 Å². The van der Waals surface area contributed by atoms with E-state index in [4.69, 9.17) is 4.74 Å². The Balaban J connectivity index is 1.93. The zero-order valence-corrected chi connectivity index (χ0v) is 16.9. The maximum Gasteiger partial charge on any atom is 0.278 e. The van der Waals surface area contributed by atoms with Crippen molar-refractivity contribution in [2.75, 3.05) is 18.5 Å². The summed E-state index contributed by atoms with van der Waals surface area (Å²) in [6, 6.07) is 9.71. The van der Waals surface area contributed by atoms with Crippen molar-refractivity contribution in [3.63, 3.8) is 0 Å². The predicted octanol–water partition coefficient (Wildman–Crippen LogP) is 3.98. The molecule has 2 amide bonds. The second kappa shape index (κ2) is 8.06. The van der Waals surface area contributed by atoms with Gasteiger partial charge in [-0.1, -0.05) is 23.8 Å². The summed E-state index contributed by atoms with van der Waals surface area (Å²) in [4.78, 5) is 28.1. The zero-order valence-electron chi connectivity index (χ0n) is 16.0. The Kier molecular flexibility index (Phi) is 5.77. The molecule has 0 unspecified atom stereocenters. The van der Waals surface area contributed by atoms with Gasteiger partial charge >= 0.3 is 0 Å². The molecule has 6 heteroatoms. The summed E-state index contributed by atoms with van der Waals surface area (Å²) in [5, 5.41) is 5.12. The number of ether oxygens (including phenoxy) is 1. The lowest BCUT2D eigenvalue weighted by Crippen LogP contribution is -2.35. The second-order valence-corrected chi connectivity index (χ2v) is 7.80. The van der Waals surface area contributed by atoms with E-state index in [1.807, 2.05) is 63.4 Å². The van der Waals surface area contributed by atoms with Gasteiger partial charge in [0, 0.05) is 10.6 Å². The van der Waals surface area contributed by atoms with Crippen molar-refractivity contribution in [3.8, 4) is 0 Å². The van der Waals surface area contributed by atoms with E-state index in [-0.39, 0.29) is 24.5 Å². The summed E-state index contributed by atoms with van der Waals surface area (Å²) in [7, 11) is 0. The number of thiophene rings is 1. The van der Waals surface area contributed by atoms with Crippen LogP contribution in [0, 0.1) is 13.8 Å². The molecule has 0 aliphatic carbocycles. The van der Waals surface area contributed by atoms with Crippen molar-refractivity contribution >= 4 is 34.4 Å². The Morgan fingerprint density at radius 1 is 1.15 bits per heavy atom. The molecule has 2 heterocycles. The van der Waals surface area contributed by atoms with Crippen LogP contribution in [0.5, 0.6) is 0 Å². The highest BCUT2D eigenvalue weighted by Gasteiger charge is 2.39.